The molecule has 7 nitrogen and oxygen atoms in total. The highest BCUT2D eigenvalue weighted by molar-refractivity contribution is 5.80. The van der Waals surface area contributed by atoms with Crippen molar-refractivity contribution in [1.82, 2.24) is 19.7 Å². The van der Waals surface area contributed by atoms with E-state index in [0.717, 1.165) is 45.2 Å². The summed E-state index contributed by atoms with van der Waals surface area (Å²) in [4.78, 5) is 20.5. The Morgan fingerprint density at radius 1 is 1.29 bits per heavy atom. The van der Waals surface area contributed by atoms with E-state index in [9.17, 15) is 4.79 Å². The number of aryl methyl sites for hydroxylation is 1. The zero-order valence-electron chi connectivity index (χ0n) is 14.3. The second-order valence-corrected chi connectivity index (χ2v) is 7.07. The molecule has 3 aliphatic rings. The first-order valence-electron chi connectivity index (χ1n) is 9.02. The van der Waals surface area contributed by atoms with E-state index in [1.807, 2.05) is 17.9 Å². The number of amides is 1. The summed E-state index contributed by atoms with van der Waals surface area (Å²) in [5, 5.41) is 5.77. The second kappa shape index (κ2) is 6.82. The fourth-order valence-electron chi connectivity index (χ4n) is 4.11. The van der Waals surface area contributed by atoms with Gasteiger partial charge in [0.05, 0.1) is 18.9 Å². The van der Waals surface area contributed by atoms with E-state index in [0.29, 0.717) is 19.2 Å². The van der Waals surface area contributed by atoms with Gasteiger partial charge in [-0.1, -0.05) is 0 Å². The van der Waals surface area contributed by atoms with E-state index in [4.69, 9.17) is 9.57 Å². The highest BCUT2D eigenvalue weighted by Gasteiger charge is 2.42. The van der Waals surface area contributed by atoms with Gasteiger partial charge in [0.25, 0.3) is 5.91 Å². The SMILES string of the molecule is Cn1cc(CN2CC[C@H]3O[C@@H](C(=O)N4CCCCO4)CC[C@H]32)cn1. The smallest absolute Gasteiger partial charge is 0.275 e. The third-order valence-electron chi connectivity index (χ3n) is 5.33. The molecule has 0 unspecified atom stereocenters. The van der Waals surface area contributed by atoms with Gasteiger partial charge in [-0.15, -0.1) is 0 Å². The molecule has 0 radical (unpaired) electrons. The molecule has 1 aromatic rings. The molecular formula is C17H26N4O3. The molecular weight excluding hydrogens is 308 g/mol. The molecule has 3 atom stereocenters. The molecule has 3 saturated heterocycles. The number of nitrogens with zero attached hydrogens (tertiary/aromatic N) is 4. The average molecular weight is 334 g/mol. The number of likely N-dealkylation sites (tertiary alicyclic amines) is 1. The maximum atomic E-state index is 12.6. The van der Waals surface area contributed by atoms with Crippen molar-refractivity contribution in [1.29, 1.82) is 0 Å². The van der Waals surface area contributed by atoms with Crippen LogP contribution >= 0.6 is 0 Å². The van der Waals surface area contributed by atoms with Crippen molar-refractivity contribution in [3.8, 4) is 0 Å². The van der Waals surface area contributed by atoms with Crippen molar-refractivity contribution in [3.63, 3.8) is 0 Å². The molecule has 0 bridgehead atoms. The largest absolute Gasteiger partial charge is 0.363 e. The Hall–Kier alpha value is -1.44. The van der Waals surface area contributed by atoms with Crippen LogP contribution in [0.3, 0.4) is 0 Å². The fourth-order valence-corrected chi connectivity index (χ4v) is 4.11. The molecule has 0 saturated carbocycles. The van der Waals surface area contributed by atoms with Crippen LogP contribution < -0.4 is 0 Å². The van der Waals surface area contributed by atoms with Gasteiger partial charge in [0, 0.05) is 44.5 Å². The third kappa shape index (κ3) is 3.20. The van der Waals surface area contributed by atoms with Gasteiger partial charge in [-0.25, -0.2) is 5.06 Å². The van der Waals surface area contributed by atoms with E-state index in [1.165, 1.54) is 10.6 Å². The molecule has 3 aliphatic heterocycles. The summed E-state index contributed by atoms with van der Waals surface area (Å²) in [6.45, 7) is 3.26. The molecule has 0 spiro atoms. The summed E-state index contributed by atoms with van der Waals surface area (Å²) in [5.74, 6) is 0.0128. The summed E-state index contributed by atoms with van der Waals surface area (Å²) in [5.41, 5.74) is 1.23. The Labute approximate surface area is 142 Å². The molecule has 4 rings (SSSR count). The lowest BCUT2D eigenvalue weighted by molar-refractivity contribution is -0.213. The summed E-state index contributed by atoms with van der Waals surface area (Å²) in [6.07, 6.45) is 8.66. The topological polar surface area (TPSA) is 59.8 Å². The lowest BCUT2D eigenvalue weighted by atomic mass is 9.98. The van der Waals surface area contributed by atoms with Crippen LogP contribution in [0.2, 0.25) is 0 Å². The first-order valence-corrected chi connectivity index (χ1v) is 9.02. The Morgan fingerprint density at radius 3 is 2.96 bits per heavy atom. The molecule has 4 heterocycles. The lowest BCUT2D eigenvalue weighted by Gasteiger charge is -2.37. The number of carbonyl (C=O) groups is 1. The number of fused-ring (bicyclic) bond motifs is 1. The third-order valence-corrected chi connectivity index (χ3v) is 5.33. The molecule has 1 amide bonds. The van der Waals surface area contributed by atoms with E-state index in [2.05, 4.69) is 16.2 Å². The van der Waals surface area contributed by atoms with Crippen LogP contribution in [0.4, 0.5) is 0 Å². The van der Waals surface area contributed by atoms with Gasteiger partial charge in [-0.2, -0.15) is 5.10 Å². The van der Waals surface area contributed by atoms with Crippen molar-refractivity contribution < 1.29 is 14.4 Å². The second-order valence-electron chi connectivity index (χ2n) is 7.07. The number of hydrogen-bond acceptors (Lipinski definition) is 5. The highest BCUT2D eigenvalue weighted by atomic mass is 16.7. The fraction of sp³-hybridized carbons (Fsp3) is 0.765. The minimum Gasteiger partial charge on any atom is -0.363 e. The molecule has 0 aromatic carbocycles. The molecule has 132 valence electrons. The van der Waals surface area contributed by atoms with Crippen LogP contribution in [-0.4, -0.2) is 63.6 Å². The maximum Gasteiger partial charge on any atom is 0.275 e. The van der Waals surface area contributed by atoms with Gasteiger partial charge in [0.15, 0.2) is 0 Å². The first kappa shape index (κ1) is 16.1. The maximum absolute atomic E-state index is 12.6. The van der Waals surface area contributed by atoms with Crippen molar-refractivity contribution in [2.45, 2.75) is 56.9 Å². The molecule has 1 aromatic heterocycles. The average Bonchev–Trinajstić information content (AvgIpc) is 3.21. The molecule has 24 heavy (non-hydrogen) atoms. The van der Waals surface area contributed by atoms with Crippen LogP contribution in [0.25, 0.3) is 0 Å². The first-order chi connectivity index (χ1) is 11.7. The van der Waals surface area contributed by atoms with E-state index in [-0.39, 0.29) is 18.1 Å². The number of rotatable bonds is 3. The van der Waals surface area contributed by atoms with Gasteiger partial charge >= 0.3 is 0 Å². The lowest BCUT2D eigenvalue weighted by Crippen LogP contribution is -2.49. The zero-order valence-corrected chi connectivity index (χ0v) is 14.3. The predicted molar refractivity (Wildman–Crippen MR) is 86.8 cm³/mol. The highest BCUT2D eigenvalue weighted by Crippen LogP contribution is 2.33. The monoisotopic (exact) mass is 334 g/mol. The molecule has 3 fully saturated rings. The Kier molecular flexibility index (Phi) is 4.56. The molecule has 0 aliphatic carbocycles. The van der Waals surface area contributed by atoms with Crippen molar-refractivity contribution >= 4 is 5.91 Å². The normalized spacial score (nSPS) is 31.2. The van der Waals surface area contributed by atoms with Crippen molar-refractivity contribution in [2.24, 2.45) is 7.05 Å². The van der Waals surface area contributed by atoms with Gasteiger partial charge in [-0.05, 0) is 32.1 Å². The predicted octanol–water partition coefficient (Wildman–Crippen LogP) is 1.10. The Balaban J connectivity index is 1.34. The minimum atomic E-state index is -0.331. The Morgan fingerprint density at radius 2 is 2.21 bits per heavy atom. The Bertz CT molecular complexity index is 584. The van der Waals surface area contributed by atoms with Crippen LogP contribution in [0.5, 0.6) is 0 Å². The van der Waals surface area contributed by atoms with Gasteiger partial charge in [0.1, 0.15) is 6.10 Å². The zero-order chi connectivity index (χ0) is 16.5. The van der Waals surface area contributed by atoms with Crippen molar-refractivity contribution in [3.05, 3.63) is 18.0 Å². The quantitative estimate of drug-likeness (QED) is 0.828. The van der Waals surface area contributed by atoms with Crippen LogP contribution in [0.15, 0.2) is 12.4 Å². The summed E-state index contributed by atoms with van der Waals surface area (Å²) in [7, 11) is 1.94. The van der Waals surface area contributed by atoms with E-state index < -0.39 is 0 Å². The molecule has 7 heteroatoms. The van der Waals surface area contributed by atoms with Gasteiger partial charge in [0.2, 0.25) is 0 Å². The number of carbonyl (C=O) groups excluding carboxylic acids is 1. The number of aromatic nitrogens is 2. The van der Waals surface area contributed by atoms with E-state index >= 15 is 0 Å². The number of hydrogen-bond donors (Lipinski definition) is 0. The summed E-state index contributed by atoms with van der Waals surface area (Å²) in [6, 6.07) is 0.413. The summed E-state index contributed by atoms with van der Waals surface area (Å²) >= 11 is 0. The van der Waals surface area contributed by atoms with Gasteiger partial charge in [-0.3, -0.25) is 19.2 Å². The van der Waals surface area contributed by atoms with Crippen LogP contribution in [0, 0.1) is 0 Å². The minimum absolute atomic E-state index is 0.0128. The molecule has 0 N–H and O–H groups in total. The van der Waals surface area contributed by atoms with E-state index in [1.54, 1.807) is 0 Å². The van der Waals surface area contributed by atoms with Crippen LogP contribution in [0.1, 0.15) is 37.7 Å². The number of hydroxylamine groups is 2. The van der Waals surface area contributed by atoms with Gasteiger partial charge < -0.3 is 4.74 Å². The van der Waals surface area contributed by atoms with Crippen molar-refractivity contribution in [2.75, 3.05) is 19.7 Å². The number of ether oxygens (including phenoxy) is 1. The standard InChI is InChI=1S/C17H26N4O3/c1-19-11-13(10-18-19)12-20-8-6-15-14(20)4-5-16(24-15)17(22)21-7-2-3-9-23-21/h10-11,14-16H,2-9,12H2,1H3/t14-,15-,16-/m1/s1. The summed E-state index contributed by atoms with van der Waals surface area (Å²) < 4.78 is 8.01. The van der Waals surface area contributed by atoms with Crippen LogP contribution in [-0.2, 0) is 28.0 Å².